The van der Waals surface area contributed by atoms with E-state index in [-0.39, 0.29) is 17.1 Å². The Kier molecular flexibility index (Phi) is 6.15. The summed E-state index contributed by atoms with van der Waals surface area (Å²) in [4.78, 5) is 34.2. The van der Waals surface area contributed by atoms with Gasteiger partial charge in [-0.1, -0.05) is 13.8 Å². The maximum Gasteiger partial charge on any atom is 0.232 e. The SMILES string of the molecule is COc1ccc(OC)c([C@@H]2C3=C(CC(C)(C)CC3=O)N=C(C)C2C(=O)N2CCCCC2)c1. The first-order valence-corrected chi connectivity index (χ1v) is 11.6. The average Bonchev–Trinajstić information content (AvgIpc) is 2.77. The number of nitrogens with zero attached hydrogens (tertiary/aromatic N) is 2. The Labute approximate surface area is 190 Å². The number of ketones is 1. The van der Waals surface area contributed by atoms with Gasteiger partial charge in [0.1, 0.15) is 11.5 Å². The molecule has 0 spiro atoms. The lowest BCUT2D eigenvalue weighted by Crippen LogP contribution is -2.46. The third kappa shape index (κ3) is 4.07. The van der Waals surface area contributed by atoms with E-state index in [9.17, 15) is 9.59 Å². The summed E-state index contributed by atoms with van der Waals surface area (Å²) in [5.74, 6) is 0.537. The molecule has 0 N–H and O–H groups in total. The molecule has 1 aromatic carbocycles. The molecule has 2 atom stereocenters. The molecule has 1 saturated heterocycles. The molecule has 2 heterocycles. The molecule has 3 aliphatic rings. The zero-order chi connectivity index (χ0) is 23.0. The molecule has 1 aliphatic carbocycles. The third-order valence-corrected chi connectivity index (χ3v) is 7.01. The largest absolute Gasteiger partial charge is 0.497 e. The molecule has 0 radical (unpaired) electrons. The maximum absolute atomic E-state index is 13.8. The van der Waals surface area contributed by atoms with Crippen molar-refractivity contribution in [1.82, 2.24) is 4.90 Å². The highest BCUT2D eigenvalue weighted by atomic mass is 16.5. The number of methoxy groups -OCH3 is 2. The van der Waals surface area contributed by atoms with Gasteiger partial charge in [-0.25, -0.2) is 0 Å². The highest BCUT2D eigenvalue weighted by Crippen LogP contribution is 2.50. The van der Waals surface area contributed by atoms with Crippen LogP contribution in [0, 0.1) is 11.3 Å². The second-order valence-electron chi connectivity index (χ2n) is 10.0. The number of likely N-dealkylation sites (tertiary alicyclic amines) is 1. The summed E-state index contributed by atoms with van der Waals surface area (Å²) in [7, 11) is 3.24. The average molecular weight is 439 g/mol. The predicted octanol–water partition coefficient (Wildman–Crippen LogP) is 4.53. The highest BCUT2D eigenvalue weighted by molar-refractivity contribution is 6.10. The Morgan fingerprint density at radius 3 is 2.47 bits per heavy atom. The minimum Gasteiger partial charge on any atom is -0.497 e. The molecule has 0 saturated carbocycles. The van der Waals surface area contributed by atoms with E-state index in [2.05, 4.69) is 13.8 Å². The molecule has 2 aliphatic heterocycles. The molecule has 32 heavy (non-hydrogen) atoms. The van der Waals surface area contributed by atoms with Gasteiger partial charge in [-0.3, -0.25) is 14.6 Å². The molecule has 0 bridgehead atoms. The topological polar surface area (TPSA) is 68.2 Å². The van der Waals surface area contributed by atoms with E-state index >= 15 is 0 Å². The van der Waals surface area contributed by atoms with Crippen LogP contribution >= 0.6 is 0 Å². The van der Waals surface area contributed by atoms with Crippen LogP contribution in [0.4, 0.5) is 0 Å². The quantitative estimate of drug-likeness (QED) is 0.692. The lowest BCUT2D eigenvalue weighted by atomic mass is 9.66. The molecule has 0 aromatic heterocycles. The van der Waals surface area contributed by atoms with Gasteiger partial charge in [-0.05, 0) is 56.2 Å². The van der Waals surface area contributed by atoms with Crippen molar-refractivity contribution in [2.75, 3.05) is 27.3 Å². The summed E-state index contributed by atoms with van der Waals surface area (Å²) < 4.78 is 11.2. The monoisotopic (exact) mass is 438 g/mol. The van der Waals surface area contributed by atoms with E-state index in [0.29, 0.717) is 23.5 Å². The summed E-state index contributed by atoms with van der Waals surface area (Å²) in [5, 5.41) is 0. The van der Waals surface area contributed by atoms with Crippen molar-refractivity contribution < 1.29 is 19.1 Å². The van der Waals surface area contributed by atoms with Crippen LogP contribution in [-0.4, -0.2) is 49.6 Å². The Morgan fingerprint density at radius 1 is 1.09 bits per heavy atom. The predicted molar refractivity (Wildman–Crippen MR) is 124 cm³/mol. The Morgan fingerprint density at radius 2 is 1.81 bits per heavy atom. The molecule has 1 amide bonds. The first kappa shape index (κ1) is 22.6. The summed E-state index contributed by atoms with van der Waals surface area (Å²) >= 11 is 0. The lowest BCUT2D eigenvalue weighted by Gasteiger charge is -2.41. The van der Waals surface area contributed by atoms with Crippen LogP contribution in [-0.2, 0) is 9.59 Å². The van der Waals surface area contributed by atoms with Gasteiger partial charge in [0.15, 0.2) is 5.78 Å². The van der Waals surface area contributed by atoms with Gasteiger partial charge in [0, 0.05) is 48.0 Å². The van der Waals surface area contributed by atoms with E-state index < -0.39 is 11.8 Å². The molecular weight excluding hydrogens is 404 g/mol. The van der Waals surface area contributed by atoms with Crippen molar-refractivity contribution in [2.45, 2.75) is 58.8 Å². The molecule has 1 unspecified atom stereocenters. The number of carbonyl (C=O) groups is 2. The summed E-state index contributed by atoms with van der Waals surface area (Å²) in [6.07, 6.45) is 4.36. The standard InChI is InChI=1S/C26H34N2O4/c1-16-22(25(30)28-11-7-6-8-12-28)23(18-13-17(31-4)9-10-21(18)32-5)24-19(27-16)14-26(2,3)15-20(24)29/h9-10,13,22-23H,6-8,11-12,14-15H2,1-5H3/t22?,23-/m0/s1. The molecule has 1 fully saturated rings. The first-order valence-electron chi connectivity index (χ1n) is 11.6. The van der Waals surface area contributed by atoms with Crippen molar-refractivity contribution in [3.63, 3.8) is 0 Å². The van der Waals surface area contributed by atoms with Crippen molar-refractivity contribution in [3.8, 4) is 11.5 Å². The first-order chi connectivity index (χ1) is 15.3. The highest BCUT2D eigenvalue weighted by Gasteiger charge is 2.47. The molecule has 172 valence electrons. The van der Waals surface area contributed by atoms with Crippen LogP contribution in [0.5, 0.6) is 11.5 Å². The number of rotatable bonds is 4. The number of carbonyl (C=O) groups excluding carboxylic acids is 2. The molecular formula is C26H34N2O4. The number of aliphatic imine (C=N–C) groups is 1. The van der Waals surface area contributed by atoms with Crippen LogP contribution in [0.25, 0.3) is 0 Å². The minimum atomic E-state index is -0.516. The Balaban J connectivity index is 1.89. The normalized spacial score (nSPS) is 25.2. The molecule has 6 heteroatoms. The second kappa shape index (κ2) is 8.72. The summed E-state index contributed by atoms with van der Waals surface area (Å²) in [5.41, 5.74) is 2.95. The number of allylic oxidation sites excluding steroid dienone is 2. The number of ether oxygens (including phenoxy) is 2. The molecule has 6 nitrogen and oxygen atoms in total. The van der Waals surface area contributed by atoms with E-state index in [1.807, 2.05) is 30.0 Å². The van der Waals surface area contributed by atoms with Gasteiger partial charge in [0.2, 0.25) is 5.91 Å². The number of Topliss-reactive ketones (excluding diaryl/α,β-unsaturated/α-hetero) is 1. The lowest BCUT2D eigenvalue weighted by molar-refractivity contribution is -0.134. The van der Waals surface area contributed by atoms with Crippen LogP contribution in [0.3, 0.4) is 0 Å². The van der Waals surface area contributed by atoms with Crippen molar-refractivity contribution in [2.24, 2.45) is 16.3 Å². The van der Waals surface area contributed by atoms with Gasteiger partial charge < -0.3 is 14.4 Å². The third-order valence-electron chi connectivity index (χ3n) is 7.01. The second-order valence-corrected chi connectivity index (χ2v) is 10.0. The van der Waals surface area contributed by atoms with Crippen molar-refractivity contribution >= 4 is 17.4 Å². The van der Waals surface area contributed by atoms with Gasteiger partial charge in [-0.15, -0.1) is 0 Å². The number of amides is 1. The van der Waals surface area contributed by atoms with Crippen LogP contribution in [0.15, 0.2) is 34.5 Å². The van der Waals surface area contributed by atoms with Crippen LogP contribution in [0.1, 0.15) is 64.4 Å². The molecule has 1 aromatic rings. The van der Waals surface area contributed by atoms with Gasteiger partial charge in [-0.2, -0.15) is 0 Å². The zero-order valence-corrected chi connectivity index (χ0v) is 19.9. The van der Waals surface area contributed by atoms with E-state index in [0.717, 1.165) is 55.7 Å². The fourth-order valence-corrected chi connectivity index (χ4v) is 5.49. The number of benzene rings is 1. The number of hydrogen-bond acceptors (Lipinski definition) is 5. The van der Waals surface area contributed by atoms with Crippen LogP contribution < -0.4 is 9.47 Å². The van der Waals surface area contributed by atoms with Crippen molar-refractivity contribution in [1.29, 1.82) is 0 Å². The van der Waals surface area contributed by atoms with E-state index in [4.69, 9.17) is 14.5 Å². The number of hydrogen-bond donors (Lipinski definition) is 0. The summed E-state index contributed by atoms with van der Waals surface area (Å²) in [6, 6.07) is 5.61. The van der Waals surface area contributed by atoms with E-state index in [1.165, 1.54) is 0 Å². The van der Waals surface area contributed by atoms with Gasteiger partial charge in [0.25, 0.3) is 0 Å². The van der Waals surface area contributed by atoms with Gasteiger partial charge >= 0.3 is 0 Å². The zero-order valence-electron chi connectivity index (χ0n) is 19.9. The fourth-order valence-electron chi connectivity index (χ4n) is 5.49. The Hall–Kier alpha value is -2.63. The minimum absolute atomic E-state index is 0.0602. The molecule has 4 rings (SSSR count). The van der Waals surface area contributed by atoms with E-state index in [1.54, 1.807) is 14.2 Å². The Bertz CT molecular complexity index is 986. The summed E-state index contributed by atoms with van der Waals surface area (Å²) in [6.45, 7) is 7.66. The fraction of sp³-hybridized carbons (Fsp3) is 0.577. The maximum atomic E-state index is 13.8. The van der Waals surface area contributed by atoms with Gasteiger partial charge in [0.05, 0.1) is 20.1 Å². The van der Waals surface area contributed by atoms with Crippen molar-refractivity contribution in [3.05, 3.63) is 35.0 Å². The number of piperidine rings is 1. The van der Waals surface area contributed by atoms with Crippen LogP contribution in [0.2, 0.25) is 0 Å². The smallest absolute Gasteiger partial charge is 0.232 e.